The van der Waals surface area contributed by atoms with Crippen molar-refractivity contribution in [3.8, 4) is 0 Å². The maximum absolute atomic E-state index is 12.3. The third-order valence-corrected chi connectivity index (χ3v) is 5.20. The van der Waals surface area contributed by atoms with E-state index < -0.39 is 10.0 Å². The number of nitrogens with zero attached hydrogens (tertiary/aromatic N) is 1. The first-order chi connectivity index (χ1) is 7.91. The SMILES string of the molecule is Cc1cc(Cl)ccc1S(=O)(=O)N1CC[C@@H](N)C1. The van der Waals surface area contributed by atoms with E-state index in [0.717, 1.165) is 0 Å². The minimum absolute atomic E-state index is 0.0580. The third kappa shape index (κ3) is 2.47. The lowest BCUT2D eigenvalue weighted by molar-refractivity contribution is 0.472. The van der Waals surface area contributed by atoms with Gasteiger partial charge in [-0.2, -0.15) is 4.31 Å². The van der Waals surface area contributed by atoms with E-state index in [9.17, 15) is 8.42 Å². The van der Waals surface area contributed by atoms with Gasteiger partial charge >= 0.3 is 0 Å². The van der Waals surface area contributed by atoms with Crippen molar-refractivity contribution < 1.29 is 8.42 Å². The van der Waals surface area contributed by atoms with E-state index in [1.807, 2.05) is 0 Å². The Morgan fingerprint density at radius 3 is 2.71 bits per heavy atom. The Kier molecular flexibility index (Phi) is 3.45. The van der Waals surface area contributed by atoms with Gasteiger partial charge in [-0.1, -0.05) is 11.6 Å². The summed E-state index contributed by atoms with van der Waals surface area (Å²) in [6.45, 7) is 2.63. The quantitative estimate of drug-likeness (QED) is 0.886. The van der Waals surface area contributed by atoms with E-state index in [4.69, 9.17) is 17.3 Å². The van der Waals surface area contributed by atoms with E-state index in [1.54, 1.807) is 25.1 Å². The van der Waals surface area contributed by atoms with Crippen molar-refractivity contribution in [2.75, 3.05) is 13.1 Å². The molecule has 0 radical (unpaired) electrons. The van der Waals surface area contributed by atoms with Crippen LogP contribution in [0.1, 0.15) is 12.0 Å². The van der Waals surface area contributed by atoms with Gasteiger partial charge in [0.25, 0.3) is 0 Å². The summed E-state index contributed by atoms with van der Waals surface area (Å²) in [5.41, 5.74) is 6.40. The van der Waals surface area contributed by atoms with Crippen molar-refractivity contribution in [3.63, 3.8) is 0 Å². The molecule has 1 aliphatic rings. The van der Waals surface area contributed by atoms with Gasteiger partial charge in [-0.3, -0.25) is 0 Å². The molecule has 0 bridgehead atoms. The van der Waals surface area contributed by atoms with E-state index >= 15 is 0 Å². The predicted octanol–water partition coefficient (Wildman–Crippen LogP) is 1.37. The number of hydrogen-bond acceptors (Lipinski definition) is 3. The predicted molar refractivity (Wildman–Crippen MR) is 67.5 cm³/mol. The van der Waals surface area contributed by atoms with Gasteiger partial charge in [0.1, 0.15) is 0 Å². The monoisotopic (exact) mass is 274 g/mol. The first kappa shape index (κ1) is 12.8. The maximum Gasteiger partial charge on any atom is 0.243 e. The van der Waals surface area contributed by atoms with Gasteiger partial charge in [-0.05, 0) is 37.1 Å². The average Bonchev–Trinajstić information content (AvgIpc) is 2.64. The zero-order chi connectivity index (χ0) is 12.6. The van der Waals surface area contributed by atoms with Gasteiger partial charge in [-0.15, -0.1) is 0 Å². The van der Waals surface area contributed by atoms with Crippen LogP contribution in [0, 0.1) is 6.92 Å². The summed E-state index contributed by atoms with van der Waals surface area (Å²) < 4.78 is 26.1. The molecule has 1 aromatic rings. The Morgan fingerprint density at radius 1 is 1.47 bits per heavy atom. The average molecular weight is 275 g/mol. The number of aryl methyl sites for hydroxylation is 1. The summed E-state index contributed by atoms with van der Waals surface area (Å²) >= 11 is 5.82. The van der Waals surface area contributed by atoms with Crippen LogP contribution in [0.5, 0.6) is 0 Å². The second-order valence-corrected chi connectivity index (χ2v) is 6.66. The summed E-state index contributed by atoms with van der Waals surface area (Å²) in [6, 6.07) is 4.75. The minimum atomic E-state index is -3.42. The number of benzene rings is 1. The van der Waals surface area contributed by atoms with E-state index in [0.29, 0.717) is 35.0 Å². The van der Waals surface area contributed by atoms with Crippen LogP contribution in [0.25, 0.3) is 0 Å². The Bertz CT molecular complexity index is 530. The summed E-state index contributed by atoms with van der Waals surface area (Å²) in [6.07, 6.45) is 0.714. The molecule has 1 fully saturated rings. The Hall–Kier alpha value is -0.620. The molecule has 0 amide bonds. The first-order valence-electron chi connectivity index (χ1n) is 5.43. The second-order valence-electron chi connectivity index (χ2n) is 4.32. The van der Waals surface area contributed by atoms with E-state index in [1.165, 1.54) is 4.31 Å². The Labute approximate surface area is 106 Å². The molecule has 0 spiro atoms. The van der Waals surface area contributed by atoms with E-state index in [-0.39, 0.29) is 6.04 Å². The van der Waals surface area contributed by atoms with Crippen LogP contribution in [-0.4, -0.2) is 31.9 Å². The lowest BCUT2D eigenvalue weighted by Gasteiger charge is -2.17. The normalized spacial score (nSPS) is 21.9. The molecule has 1 aromatic carbocycles. The number of hydrogen-bond donors (Lipinski definition) is 1. The van der Waals surface area contributed by atoms with Crippen molar-refractivity contribution in [3.05, 3.63) is 28.8 Å². The minimum Gasteiger partial charge on any atom is -0.326 e. The molecule has 1 saturated heterocycles. The molecular weight excluding hydrogens is 260 g/mol. The number of rotatable bonds is 2. The zero-order valence-electron chi connectivity index (χ0n) is 9.56. The van der Waals surface area contributed by atoms with Crippen LogP contribution in [0.2, 0.25) is 5.02 Å². The van der Waals surface area contributed by atoms with Crippen molar-refractivity contribution >= 4 is 21.6 Å². The molecule has 1 aliphatic heterocycles. The van der Waals surface area contributed by atoms with E-state index in [2.05, 4.69) is 0 Å². The van der Waals surface area contributed by atoms with Gasteiger partial charge < -0.3 is 5.73 Å². The molecule has 0 saturated carbocycles. The molecule has 0 aromatic heterocycles. The van der Waals surface area contributed by atoms with Crippen molar-refractivity contribution in [1.29, 1.82) is 0 Å². The molecule has 2 rings (SSSR count). The van der Waals surface area contributed by atoms with Crippen LogP contribution in [0.4, 0.5) is 0 Å². The summed E-state index contributed by atoms with van der Waals surface area (Å²) in [5, 5.41) is 0.541. The molecule has 2 N–H and O–H groups in total. The Morgan fingerprint density at radius 2 is 2.18 bits per heavy atom. The molecule has 4 nitrogen and oxygen atoms in total. The highest BCUT2D eigenvalue weighted by atomic mass is 35.5. The van der Waals surface area contributed by atoms with Gasteiger partial charge in [0, 0.05) is 24.2 Å². The van der Waals surface area contributed by atoms with Crippen molar-refractivity contribution in [2.45, 2.75) is 24.3 Å². The van der Waals surface area contributed by atoms with Crippen molar-refractivity contribution in [2.24, 2.45) is 5.73 Å². The van der Waals surface area contributed by atoms with Gasteiger partial charge in [0.15, 0.2) is 0 Å². The third-order valence-electron chi connectivity index (χ3n) is 2.94. The highest BCUT2D eigenvalue weighted by Crippen LogP contribution is 2.25. The topological polar surface area (TPSA) is 63.4 Å². The van der Waals surface area contributed by atoms with Gasteiger partial charge in [0.05, 0.1) is 4.90 Å². The van der Waals surface area contributed by atoms with Crippen LogP contribution >= 0.6 is 11.6 Å². The summed E-state index contributed by atoms with van der Waals surface area (Å²) in [7, 11) is -3.42. The largest absolute Gasteiger partial charge is 0.326 e. The maximum atomic E-state index is 12.3. The fourth-order valence-electron chi connectivity index (χ4n) is 2.01. The fourth-order valence-corrected chi connectivity index (χ4v) is 3.96. The molecule has 1 atom stereocenters. The zero-order valence-corrected chi connectivity index (χ0v) is 11.1. The molecule has 0 aliphatic carbocycles. The first-order valence-corrected chi connectivity index (χ1v) is 7.25. The van der Waals surface area contributed by atoms with Crippen LogP contribution in [-0.2, 0) is 10.0 Å². The fraction of sp³-hybridized carbons (Fsp3) is 0.455. The molecule has 0 unspecified atom stereocenters. The Balaban J connectivity index is 2.38. The van der Waals surface area contributed by atoms with Crippen LogP contribution in [0.15, 0.2) is 23.1 Å². The lowest BCUT2D eigenvalue weighted by Crippen LogP contribution is -2.32. The second kappa shape index (κ2) is 4.57. The van der Waals surface area contributed by atoms with Crippen LogP contribution < -0.4 is 5.73 Å². The number of nitrogens with two attached hydrogens (primary N) is 1. The smallest absolute Gasteiger partial charge is 0.243 e. The highest BCUT2D eigenvalue weighted by molar-refractivity contribution is 7.89. The molecule has 17 heavy (non-hydrogen) atoms. The van der Waals surface area contributed by atoms with Crippen molar-refractivity contribution in [1.82, 2.24) is 4.31 Å². The standard InChI is InChI=1S/C11H15ClN2O2S/c1-8-6-9(12)2-3-11(8)17(15,16)14-5-4-10(13)7-14/h2-3,6,10H,4-5,7,13H2,1H3/t10-/m1/s1. The summed E-state index contributed by atoms with van der Waals surface area (Å²) in [4.78, 5) is 0.316. The molecule has 1 heterocycles. The lowest BCUT2D eigenvalue weighted by atomic mass is 10.2. The van der Waals surface area contributed by atoms with Gasteiger partial charge in [-0.25, -0.2) is 8.42 Å². The van der Waals surface area contributed by atoms with Gasteiger partial charge in [0.2, 0.25) is 10.0 Å². The molecular formula is C11H15ClN2O2S. The highest BCUT2D eigenvalue weighted by Gasteiger charge is 2.31. The number of halogens is 1. The van der Waals surface area contributed by atoms with Crippen LogP contribution in [0.3, 0.4) is 0 Å². The molecule has 94 valence electrons. The molecule has 6 heteroatoms. The summed E-state index contributed by atoms with van der Waals surface area (Å²) in [5.74, 6) is 0. The number of sulfonamides is 1.